The van der Waals surface area contributed by atoms with E-state index in [0.717, 1.165) is 19.5 Å². The molecule has 0 aromatic rings. The molecule has 0 aromatic heterocycles. The molecule has 0 bridgehead atoms. The van der Waals surface area contributed by atoms with Gasteiger partial charge in [-0.25, -0.2) is 0 Å². The largest absolute Gasteiger partial charge is 0.313 e. The average molecular weight is 177 g/mol. The van der Waals surface area contributed by atoms with Gasteiger partial charge in [0.25, 0.3) is 0 Å². The highest BCUT2D eigenvalue weighted by Gasteiger charge is 2.05. The van der Waals surface area contributed by atoms with Crippen molar-refractivity contribution in [1.29, 1.82) is 0 Å². The van der Waals surface area contributed by atoms with Gasteiger partial charge < -0.3 is 5.32 Å². The summed E-state index contributed by atoms with van der Waals surface area (Å²) in [6.45, 7) is 6.43. The van der Waals surface area contributed by atoms with E-state index in [1.54, 1.807) is 0 Å². The smallest absolute Gasteiger partial charge is 0.0140 e. The number of allylic oxidation sites excluding steroid dienone is 4. The summed E-state index contributed by atoms with van der Waals surface area (Å²) in [4.78, 5) is 0. The molecule has 0 amide bonds. The quantitative estimate of drug-likeness (QED) is 0.654. The predicted molar refractivity (Wildman–Crippen MR) is 58.8 cm³/mol. The van der Waals surface area contributed by atoms with E-state index in [9.17, 15) is 0 Å². The number of nitrogens with one attached hydrogen (secondary N) is 1. The van der Waals surface area contributed by atoms with Crippen molar-refractivity contribution < 1.29 is 0 Å². The SMILES string of the molecule is C/C=C\C=C(/CC)C1=CCNCC1. The van der Waals surface area contributed by atoms with Gasteiger partial charge in [-0.05, 0) is 37.5 Å². The zero-order valence-corrected chi connectivity index (χ0v) is 8.64. The molecule has 1 heteroatoms. The third kappa shape index (κ3) is 3.19. The molecule has 72 valence electrons. The van der Waals surface area contributed by atoms with Crippen LogP contribution < -0.4 is 5.32 Å². The van der Waals surface area contributed by atoms with E-state index >= 15 is 0 Å². The second kappa shape index (κ2) is 5.76. The van der Waals surface area contributed by atoms with Gasteiger partial charge in [0.2, 0.25) is 0 Å². The Balaban J connectivity index is 2.69. The molecule has 1 N–H and O–H groups in total. The Morgan fingerprint density at radius 1 is 1.62 bits per heavy atom. The third-order valence-electron chi connectivity index (χ3n) is 2.35. The normalized spacial score (nSPS) is 19.2. The van der Waals surface area contributed by atoms with Crippen LogP contribution in [0.15, 0.2) is 35.5 Å². The van der Waals surface area contributed by atoms with Crippen molar-refractivity contribution in [2.45, 2.75) is 26.7 Å². The Labute approximate surface area is 81.2 Å². The lowest BCUT2D eigenvalue weighted by molar-refractivity contribution is 0.703. The van der Waals surface area contributed by atoms with Gasteiger partial charge >= 0.3 is 0 Å². The summed E-state index contributed by atoms with van der Waals surface area (Å²) >= 11 is 0. The Hall–Kier alpha value is -0.820. The number of hydrogen-bond acceptors (Lipinski definition) is 1. The van der Waals surface area contributed by atoms with E-state index < -0.39 is 0 Å². The summed E-state index contributed by atoms with van der Waals surface area (Å²) in [5, 5.41) is 3.33. The van der Waals surface area contributed by atoms with Gasteiger partial charge in [0.1, 0.15) is 0 Å². The van der Waals surface area contributed by atoms with Crippen molar-refractivity contribution in [2.24, 2.45) is 0 Å². The summed E-state index contributed by atoms with van der Waals surface area (Å²) in [5.41, 5.74) is 3.01. The standard InChI is InChI=1S/C12H19N/c1-3-5-6-11(4-2)12-7-9-13-10-8-12/h3,5-7,13H,4,8-10H2,1-2H3/b5-3-,11-6+. The topological polar surface area (TPSA) is 12.0 Å². The highest BCUT2D eigenvalue weighted by molar-refractivity contribution is 5.34. The molecule has 1 aliphatic rings. The first-order valence-corrected chi connectivity index (χ1v) is 5.10. The lowest BCUT2D eigenvalue weighted by atomic mass is 9.98. The molecule has 0 saturated heterocycles. The summed E-state index contributed by atoms with van der Waals surface area (Å²) in [7, 11) is 0. The van der Waals surface area contributed by atoms with Crippen molar-refractivity contribution in [3.05, 3.63) is 35.5 Å². The molecule has 0 aromatic carbocycles. The molecule has 1 aliphatic heterocycles. The summed E-state index contributed by atoms with van der Waals surface area (Å²) in [6.07, 6.45) is 11.1. The monoisotopic (exact) mass is 177 g/mol. The highest BCUT2D eigenvalue weighted by Crippen LogP contribution is 2.18. The zero-order valence-electron chi connectivity index (χ0n) is 8.64. The maximum atomic E-state index is 3.33. The Kier molecular flexibility index (Phi) is 4.55. The van der Waals surface area contributed by atoms with Crippen LogP contribution in [0.5, 0.6) is 0 Å². The van der Waals surface area contributed by atoms with Crippen molar-refractivity contribution >= 4 is 0 Å². The van der Waals surface area contributed by atoms with Crippen LogP contribution in [0.4, 0.5) is 0 Å². The van der Waals surface area contributed by atoms with E-state index in [2.05, 4.69) is 43.5 Å². The maximum Gasteiger partial charge on any atom is 0.0140 e. The fraction of sp³-hybridized carbons (Fsp3) is 0.500. The molecule has 0 fully saturated rings. The van der Waals surface area contributed by atoms with E-state index in [1.165, 1.54) is 17.6 Å². The number of hydrogen-bond donors (Lipinski definition) is 1. The van der Waals surface area contributed by atoms with E-state index in [1.807, 2.05) is 0 Å². The van der Waals surface area contributed by atoms with Gasteiger partial charge in [0, 0.05) is 6.54 Å². The van der Waals surface area contributed by atoms with Crippen LogP contribution in [0.2, 0.25) is 0 Å². The molecule has 1 rings (SSSR count). The van der Waals surface area contributed by atoms with Gasteiger partial charge in [-0.2, -0.15) is 0 Å². The van der Waals surface area contributed by atoms with E-state index in [4.69, 9.17) is 0 Å². The Morgan fingerprint density at radius 3 is 3.00 bits per heavy atom. The Morgan fingerprint density at radius 2 is 2.46 bits per heavy atom. The summed E-state index contributed by atoms with van der Waals surface area (Å²) < 4.78 is 0. The molecule has 13 heavy (non-hydrogen) atoms. The second-order valence-electron chi connectivity index (χ2n) is 3.25. The molecule has 1 nitrogen and oxygen atoms in total. The minimum atomic E-state index is 1.03. The van der Waals surface area contributed by atoms with Crippen LogP contribution in [0.3, 0.4) is 0 Å². The molecule has 0 unspecified atom stereocenters. The maximum absolute atomic E-state index is 3.33. The summed E-state index contributed by atoms with van der Waals surface area (Å²) in [5.74, 6) is 0. The lowest BCUT2D eigenvalue weighted by Gasteiger charge is -2.15. The third-order valence-corrected chi connectivity index (χ3v) is 2.35. The molecule has 0 spiro atoms. The molecule has 0 atom stereocenters. The molecule has 0 aliphatic carbocycles. The second-order valence-corrected chi connectivity index (χ2v) is 3.25. The summed E-state index contributed by atoms with van der Waals surface area (Å²) in [6, 6.07) is 0. The van der Waals surface area contributed by atoms with Crippen LogP contribution in [-0.4, -0.2) is 13.1 Å². The van der Waals surface area contributed by atoms with Crippen LogP contribution in [0.1, 0.15) is 26.7 Å². The predicted octanol–water partition coefficient (Wildman–Crippen LogP) is 2.82. The van der Waals surface area contributed by atoms with E-state index in [-0.39, 0.29) is 0 Å². The average Bonchev–Trinajstić information content (AvgIpc) is 2.21. The van der Waals surface area contributed by atoms with Gasteiger partial charge in [-0.15, -0.1) is 0 Å². The van der Waals surface area contributed by atoms with Crippen LogP contribution in [-0.2, 0) is 0 Å². The van der Waals surface area contributed by atoms with Crippen molar-refractivity contribution in [3.8, 4) is 0 Å². The first-order valence-electron chi connectivity index (χ1n) is 5.10. The van der Waals surface area contributed by atoms with Crippen molar-refractivity contribution in [3.63, 3.8) is 0 Å². The van der Waals surface area contributed by atoms with Crippen LogP contribution in [0, 0.1) is 0 Å². The molecule has 1 heterocycles. The van der Waals surface area contributed by atoms with Gasteiger partial charge in [0.05, 0.1) is 0 Å². The fourth-order valence-electron chi connectivity index (χ4n) is 1.58. The first kappa shape index (κ1) is 10.3. The van der Waals surface area contributed by atoms with Crippen molar-refractivity contribution in [1.82, 2.24) is 5.32 Å². The Bertz CT molecular complexity index is 234. The molecule has 0 radical (unpaired) electrons. The van der Waals surface area contributed by atoms with Crippen LogP contribution >= 0.6 is 0 Å². The zero-order chi connectivity index (χ0) is 9.52. The van der Waals surface area contributed by atoms with Gasteiger partial charge in [-0.3, -0.25) is 0 Å². The minimum absolute atomic E-state index is 1.03. The van der Waals surface area contributed by atoms with E-state index in [0.29, 0.717) is 0 Å². The van der Waals surface area contributed by atoms with Gasteiger partial charge in [0.15, 0.2) is 0 Å². The molecule has 0 saturated carbocycles. The number of rotatable bonds is 3. The van der Waals surface area contributed by atoms with Crippen molar-refractivity contribution in [2.75, 3.05) is 13.1 Å². The molecular weight excluding hydrogens is 158 g/mol. The first-order chi connectivity index (χ1) is 6.38. The van der Waals surface area contributed by atoms with Crippen LogP contribution in [0.25, 0.3) is 0 Å². The minimum Gasteiger partial charge on any atom is -0.313 e. The highest BCUT2D eigenvalue weighted by atomic mass is 14.8. The molecular formula is C12H19N. The van der Waals surface area contributed by atoms with Gasteiger partial charge in [-0.1, -0.05) is 31.2 Å². The lowest BCUT2D eigenvalue weighted by Crippen LogP contribution is -2.21. The fourth-order valence-corrected chi connectivity index (χ4v) is 1.58.